The molecule has 2 aromatic rings. The average molecular weight is 775 g/mol. The first kappa shape index (κ1) is 42.7. The number of carbonyl (C=O) groups is 5. The summed E-state index contributed by atoms with van der Waals surface area (Å²) >= 11 is 0. The van der Waals surface area contributed by atoms with Crippen molar-refractivity contribution < 1.29 is 65.9 Å². The van der Waals surface area contributed by atoms with Crippen LogP contribution in [0.4, 0.5) is 13.2 Å². The third-order valence-electron chi connectivity index (χ3n) is 8.49. The summed E-state index contributed by atoms with van der Waals surface area (Å²) in [5, 5.41) is 12.8. The lowest BCUT2D eigenvalue weighted by Gasteiger charge is -2.34. The largest absolute Gasteiger partial charge is 0.460 e. The van der Waals surface area contributed by atoms with Gasteiger partial charge in [0.05, 0.1) is 18.2 Å². The smallest absolute Gasteiger partial charge is 0.422 e. The molecular weight excluding hydrogens is 729 g/mol. The Hall–Kier alpha value is -5.06. The molecule has 1 heterocycles. The molecule has 1 aliphatic carbocycles. The number of halogens is 3. The molecule has 2 amide bonds. The van der Waals surface area contributed by atoms with Crippen molar-refractivity contribution in [2.24, 2.45) is 0 Å². The summed E-state index contributed by atoms with van der Waals surface area (Å²) in [6.45, 7) is 2.86. The van der Waals surface area contributed by atoms with Gasteiger partial charge >= 0.3 is 24.1 Å². The van der Waals surface area contributed by atoms with Crippen molar-refractivity contribution >= 4 is 35.8 Å². The Morgan fingerprint density at radius 3 is 2.44 bits per heavy atom. The van der Waals surface area contributed by atoms with Crippen molar-refractivity contribution in [2.75, 3.05) is 27.1 Å². The quantitative estimate of drug-likeness (QED) is 0.152. The van der Waals surface area contributed by atoms with Crippen LogP contribution in [0.15, 0.2) is 72.3 Å². The topological polar surface area (TPSA) is 167 Å². The van der Waals surface area contributed by atoms with Gasteiger partial charge in [-0.3, -0.25) is 14.4 Å². The highest BCUT2D eigenvalue weighted by Gasteiger charge is 2.44. The fraction of sp³-hybridized carbons (Fsp3) is 0.462. The van der Waals surface area contributed by atoms with E-state index in [9.17, 15) is 42.3 Å². The van der Waals surface area contributed by atoms with Crippen molar-refractivity contribution in [2.45, 2.75) is 88.6 Å². The summed E-state index contributed by atoms with van der Waals surface area (Å²) in [5.41, 5.74) is 0.590. The molecule has 0 bridgehead atoms. The number of esters is 3. The van der Waals surface area contributed by atoms with E-state index < -0.39 is 85.1 Å². The van der Waals surface area contributed by atoms with E-state index in [-0.39, 0.29) is 43.6 Å². The average Bonchev–Trinajstić information content (AvgIpc) is 3.62. The molecule has 0 spiro atoms. The number of hydrogen-bond acceptors (Lipinski definition) is 11. The lowest BCUT2D eigenvalue weighted by molar-refractivity contribution is -0.182. The van der Waals surface area contributed by atoms with E-state index in [1.54, 1.807) is 51.1 Å². The maximum Gasteiger partial charge on any atom is 0.422 e. The van der Waals surface area contributed by atoms with Crippen molar-refractivity contribution in [3.05, 3.63) is 89.0 Å². The van der Waals surface area contributed by atoms with Crippen molar-refractivity contribution in [3.63, 3.8) is 0 Å². The number of aliphatic hydroxyl groups is 1. The third-order valence-corrected chi connectivity index (χ3v) is 8.49. The number of alkyl halides is 3. The van der Waals surface area contributed by atoms with Gasteiger partial charge in [-0.25, -0.2) is 9.59 Å². The fourth-order valence-electron chi connectivity index (χ4n) is 5.86. The molecular formula is C39H45F3N2O11. The molecule has 2 aliphatic rings. The SMILES string of the molecule is CN(C(=O)C1=C[C@H]2OCO[C@H]2[C@H](OC(=O)c2cccc(C=CC(=O)OCC(F)(F)F)c2)C1)[C@H](Cc1ccccc1)C(=O)N[C@H](CO)CCC(=O)OC(C)(C)C. The van der Waals surface area contributed by atoms with Crippen LogP contribution >= 0.6 is 0 Å². The number of aliphatic hydroxyl groups excluding tert-OH is 1. The molecule has 5 atom stereocenters. The van der Waals surface area contributed by atoms with Crippen LogP contribution in [0.1, 0.15) is 61.5 Å². The highest BCUT2D eigenvalue weighted by Crippen LogP contribution is 2.32. The Balaban J connectivity index is 1.47. The minimum absolute atomic E-state index is 0.0468. The van der Waals surface area contributed by atoms with Crippen LogP contribution in [0, 0.1) is 0 Å². The molecule has 2 N–H and O–H groups in total. The second-order valence-corrected chi connectivity index (χ2v) is 14.0. The summed E-state index contributed by atoms with van der Waals surface area (Å²) in [6, 6.07) is 12.9. The van der Waals surface area contributed by atoms with Gasteiger partial charge in [-0.1, -0.05) is 42.5 Å². The molecule has 298 valence electrons. The number of carbonyl (C=O) groups excluding carboxylic acids is 5. The Morgan fingerprint density at radius 2 is 1.76 bits per heavy atom. The molecule has 0 radical (unpaired) electrons. The van der Waals surface area contributed by atoms with Gasteiger partial charge in [-0.2, -0.15) is 13.2 Å². The Labute approximate surface area is 316 Å². The minimum atomic E-state index is -4.68. The number of nitrogens with one attached hydrogen (secondary N) is 1. The molecule has 1 saturated heterocycles. The first-order valence-electron chi connectivity index (χ1n) is 17.5. The van der Waals surface area contributed by atoms with E-state index >= 15 is 0 Å². The maximum absolute atomic E-state index is 14.1. The van der Waals surface area contributed by atoms with Crippen LogP contribution in [-0.2, 0) is 49.3 Å². The predicted molar refractivity (Wildman–Crippen MR) is 190 cm³/mol. The number of nitrogens with zero attached hydrogens (tertiary/aromatic N) is 1. The van der Waals surface area contributed by atoms with E-state index in [1.165, 1.54) is 42.3 Å². The van der Waals surface area contributed by atoms with E-state index in [0.29, 0.717) is 5.56 Å². The summed E-state index contributed by atoms with van der Waals surface area (Å²) < 4.78 is 63.7. The monoisotopic (exact) mass is 774 g/mol. The molecule has 1 aliphatic heterocycles. The maximum atomic E-state index is 14.1. The van der Waals surface area contributed by atoms with E-state index in [0.717, 1.165) is 11.6 Å². The van der Waals surface area contributed by atoms with Gasteiger partial charge in [0.25, 0.3) is 0 Å². The van der Waals surface area contributed by atoms with E-state index in [4.69, 9.17) is 18.9 Å². The molecule has 4 rings (SSSR count). The standard InChI is InChI=1S/C39H45F3N2O11/c1-38(2,3)55-33(47)16-14-28(21-45)43-35(48)29(18-24-9-6-5-7-10-24)44(4)36(49)27-19-30-34(53-23-52-30)31(20-27)54-37(50)26-12-8-11-25(17-26)13-15-32(46)51-22-39(40,41)42/h5-13,15,17,19,28-31,34,45H,14,16,18,20-23H2,1-4H3,(H,43,48)/t28-,29+,30+,31+,34+/m0/s1. The Bertz CT molecular complexity index is 1740. The molecule has 0 saturated carbocycles. The van der Waals surface area contributed by atoms with Gasteiger partial charge in [0.15, 0.2) is 6.61 Å². The fourth-order valence-corrected chi connectivity index (χ4v) is 5.86. The zero-order valence-corrected chi connectivity index (χ0v) is 30.9. The van der Waals surface area contributed by atoms with Gasteiger partial charge in [0.1, 0.15) is 36.7 Å². The normalized spacial score (nSPS) is 19.4. The molecule has 55 heavy (non-hydrogen) atoms. The zero-order chi connectivity index (χ0) is 40.3. The number of amides is 2. The van der Waals surface area contributed by atoms with Crippen LogP contribution in [0.2, 0.25) is 0 Å². The van der Waals surface area contributed by atoms with Gasteiger partial charge in [0, 0.05) is 38.0 Å². The summed E-state index contributed by atoms with van der Waals surface area (Å²) in [7, 11) is 1.46. The zero-order valence-electron chi connectivity index (χ0n) is 30.9. The van der Waals surface area contributed by atoms with Crippen LogP contribution in [0.3, 0.4) is 0 Å². The molecule has 0 unspecified atom stereocenters. The first-order valence-corrected chi connectivity index (χ1v) is 17.5. The summed E-state index contributed by atoms with van der Waals surface area (Å²) in [6.07, 6.45) is -3.59. The molecule has 0 aromatic heterocycles. The summed E-state index contributed by atoms with van der Waals surface area (Å²) in [4.78, 5) is 66.5. The molecule has 16 heteroatoms. The highest BCUT2D eigenvalue weighted by atomic mass is 19.4. The molecule has 2 aromatic carbocycles. The minimum Gasteiger partial charge on any atom is -0.460 e. The number of rotatable bonds is 15. The van der Waals surface area contributed by atoms with Gasteiger partial charge in [-0.05, 0) is 62.6 Å². The lowest BCUT2D eigenvalue weighted by atomic mass is 9.90. The lowest BCUT2D eigenvalue weighted by Crippen LogP contribution is -2.53. The third kappa shape index (κ3) is 13.3. The second kappa shape index (κ2) is 19.0. The number of likely N-dealkylation sites (N-methyl/N-ethyl adjacent to an activating group) is 1. The van der Waals surface area contributed by atoms with Gasteiger partial charge < -0.3 is 39.0 Å². The summed E-state index contributed by atoms with van der Waals surface area (Å²) in [5.74, 6) is -3.63. The number of fused-ring (bicyclic) bond motifs is 1. The van der Waals surface area contributed by atoms with E-state index in [1.807, 2.05) is 6.07 Å². The van der Waals surface area contributed by atoms with Crippen LogP contribution in [-0.4, -0.2) is 109 Å². The Morgan fingerprint density at radius 1 is 1.04 bits per heavy atom. The molecule has 13 nitrogen and oxygen atoms in total. The second-order valence-electron chi connectivity index (χ2n) is 14.0. The number of hydrogen-bond donors (Lipinski definition) is 2. The number of ether oxygens (including phenoxy) is 5. The van der Waals surface area contributed by atoms with Crippen molar-refractivity contribution in [3.8, 4) is 0 Å². The molecule has 1 fully saturated rings. The van der Waals surface area contributed by atoms with Crippen molar-refractivity contribution in [1.29, 1.82) is 0 Å². The van der Waals surface area contributed by atoms with Gasteiger partial charge in [0.2, 0.25) is 11.8 Å². The number of benzene rings is 2. The van der Waals surface area contributed by atoms with Crippen molar-refractivity contribution in [1.82, 2.24) is 10.2 Å². The van der Waals surface area contributed by atoms with E-state index in [2.05, 4.69) is 10.1 Å². The van der Waals surface area contributed by atoms with Crippen LogP contribution in [0.25, 0.3) is 6.08 Å². The first-order chi connectivity index (χ1) is 25.9. The van der Waals surface area contributed by atoms with Gasteiger partial charge in [-0.15, -0.1) is 0 Å². The highest BCUT2D eigenvalue weighted by molar-refractivity contribution is 5.97. The Kier molecular flexibility index (Phi) is 14.7. The predicted octanol–water partition coefficient (Wildman–Crippen LogP) is 4.07. The van der Waals surface area contributed by atoms with Crippen LogP contribution < -0.4 is 5.32 Å². The van der Waals surface area contributed by atoms with Crippen LogP contribution in [0.5, 0.6) is 0 Å².